The van der Waals surface area contributed by atoms with Crippen LogP contribution >= 0.6 is 0 Å². The van der Waals surface area contributed by atoms with E-state index in [1.807, 2.05) is 13.8 Å². The molecule has 2 nitrogen and oxygen atoms in total. The number of ether oxygens (including phenoxy) is 1. The average molecular weight is 457 g/mol. The molecule has 0 radical (unpaired) electrons. The molecule has 0 N–H and O–H groups in total. The molecule has 0 aromatic rings. The Hall–Kier alpha value is -0.790. The predicted molar refractivity (Wildman–Crippen MR) is 138 cm³/mol. The number of carbonyl (C=O) groups excluding carboxylic acids is 1. The van der Waals surface area contributed by atoms with Crippen LogP contribution in [0.2, 0.25) is 0 Å². The molecule has 0 spiro atoms. The van der Waals surface area contributed by atoms with Crippen molar-refractivity contribution < 1.29 is 9.53 Å². The van der Waals surface area contributed by atoms with Gasteiger partial charge >= 0.3 is 5.97 Å². The molecule has 0 saturated heterocycles. The van der Waals surface area contributed by atoms with E-state index < -0.39 is 0 Å². The fraction of sp³-hybridized carbons (Fsp3) is 0.903. The average Bonchev–Trinajstić information content (AvgIpc) is 3.11. The van der Waals surface area contributed by atoms with Gasteiger partial charge in [-0.05, 0) is 91.3 Å². The van der Waals surface area contributed by atoms with Crippen molar-refractivity contribution in [2.24, 2.45) is 52.3 Å². The van der Waals surface area contributed by atoms with Crippen LogP contribution in [-0.4, -0.2) is 12.1 Å². The highest BCUT2D eigenvalue weighted by atomic mass is 16.5. The summed E-state index contributed by atoms with van der Waals surface area (Å²) >= 11 is 0. The van der Waals surface area contributed by atoms with Crippen molar-refractivity contribution in [2.75, 3.05) is 0 Å². The Labute approximate surface area is 204 Å². The van der Waals surface area contributed by atoms with Gasteiger partial charge in [0.2, 0.25) is 0 Å². The number of hydrogen-bond donors (Lipinski definition) is 0. The van der Waals surface area contributed by atoms with Crippen molar-refractivity contribution in [1.82, 2.24) is 0 Å². The monoisotopic (exact) mass is 456 g/mol. The molecular formula is C31H52O2. The molecule has 8 atom stereocenters. The van der Waals surface area contributed by atoms with Crippen molar-refractivity contribution in [3.8, 4) is 0 Å². The van der Waals surface area contributed by atoms with Gasteiger partial charge in [-0.2, -0.15) is 0 Å². The van der Waals surface area contributed by atoms with Crippen LogP contribution in [0, 0.1) is 52.3 Å². The zero-order valence-corrected chi connectivity index (χ0v) is 22.8. The van der Waals surface area contributed by atoms with Crippen LogP contribution in [0.15, 0.2) is 11.6 Å². The van der Waals surface area contributed by atoms with Gasteiger partial charge in [-0.25, -0.2) is 0 Å². The number of rotatable bonds is 7. The van der Waals surface area contributed by atoms with E-state index in [1.54, 1.807) is 5.57 Å². The Morgan fingerprint density at radius 2 is 1.76 bits per heavy atom. The van der Waals surface area contributed by atoms with Gasteiger partial charge in [-0.3, -0.25) is 4.79 Å². The van der Waals surface area contributed by atoms with Crippen LogP contribution in [0.5, 0.6) is 0 Å². The zero-order chi connectivity index (χ0) is 24.0. The van der Waals surface area contributed by atoms with Gasteiger partial charge in [-0.1, -0.05) is 79.4 Å². The highest BCUT2D eigenvalue weighted by Crippen LogP contribution is 2.67. The van der Waals surface area contributed by atoms with E-state index >= 15 is 0 Å². The maximum atomic E-state index is 12.2. The number of carbonyl (C=O) groups is 1. The first-order chi connectivity index (χ1) is 15.6. The van der Waals surface area contributed by atoms with Gasteiger partial charge in [0.05, 0.1) is 5.92 Å². The highest BCUT2D eigenvalue weighted by Gasteiger charge is 2.59. The molecule has 4 aliphatic carbocycles. The SMILES string of the molecule is CC(C)CCCC(C)C1CCC2C3CC=C4CC(OC(=O)C(C)C)CCC4(C)C3CCC12C. The van der Waals surface area contributed by atoms with Crippen LogP contribution in [-0.2, 0) is 9.53 Å². The Kier molecular flexibility index (Phi) is 7.43. The van der Waals surface area contributed by atoms with Gasteiger partial charge in [-0.15, -0.1) is 0 Å². The van der Waals surface area contributed by atoms with E-state index in [0.717, 1.165) is 48.3 Å². The standard InChI is InChI=1S/C31H52O2/c1-20(2)9-8-10-22(5)26-13-14-27-25-12-11-23-19-24(33-29(32)21(3)4)15-17-30(23,6)28(25)16-18-31(26,27)7/h11,20-22,24-28H,8-10,12-19H2,1-7H3. The largest absolute Gasteiger partial charge is 0.462 e. The van der Waals surface area contributed by atoms with E-state index in [0.29, 0.717) is 10.8 Å². The molecule has 8 unspecified atom stereocenters. The van der Waals surface area contributed by atoms with E-state index in [2.05, 4.69) is 40.7 Å². The van der Waals surface area contributed by atoms with E-state index in [9.17, 15) is 4.79 Å². The first-order valence-corrected chi connectivity index (χ1v) is 14.5. The summed E-state index contributed by atoms with van der Waals surface area (Å²) in [4.78, 5) is 12.2. The fourth-order valence-corrected chi connectivity index (χ4v) is 9.05. The molecule has 3 fully saturated rings. The predicted octanol–water partition coefficient (Wildman–Crippen LogP) is 8.60. The molecule has 0 aromatic heterocycles. The number of hydrogen-bond acceptors (Lipinski definition) is 2. The quantitative estimate of drug-likeness (QED) is 0.283. The molecule has 0 amide bonds. The second-order valence-electron chi connectivity index (χ2n) is 13.7. The summed E-state index contributed by atoms with van der Waals surface area (Å²) in [5, 5.41) is 0. The van der Waals surface area contributed by atoms with Gasteiger partial charge < -0.3 is 4.74 Å². The zero-order valence-electron chi connectivity index (χ0n) is 22.8. The lowest BCUT2D eigenvalue weighted by molar-refractivity contribution is -0.155. The minimum absolute atomic E-state index is 0.0224. The Morgan fingerprint density at radius 3 is 2.45 bits per heavy atom. The highest BCUT2D eigenvalue weighted by molar-refractivity contribution is 5.71. The second kappa shape index (κ2) is 9.69. The maximum Gasteiger partial charge on any atom is 0.308 e. The van der Waals surface area contributed by atoms with Crippen LogP contribution in [0.1, 0.15) is 119 Å². The summed E-state index contributed by atoms with van der Waals surface area (Å²) in [7, 11) is 0. The van der Waals surface area contributed by atoms with Crippen LogP contribution in [0.4, 0.5) is 0 Å². The molecule has 3 saturated carbocycles. The number of fused-ring (bicyclic) bond motifs is 5. The van der Waals surface area contributed by atoms with Gasteiger partial charge in [0.1, 0.15) is 6.10 Å². The normalized spacial score (nSPS) is 41.2. The van der Waals surface area contributed by atoms with Crippen molar-refractivity contribution in [2.45, 2.75) is 125 Å². The first kappa shape index (κ1) is 25.3. The van der Waals surface area contributed by atoms with E-state index in [4.69, 9.17) is 4.74 Å². The minimum atomic E-state index is -0.0258. The lowest BCUT2D eigenvalue weighted by Gasteiger charge is -2.58. The molecule has 188 valence electrons. The third-order valence-electron chi connectivity index (χ3n) is 11.0. The van der Waals surface area contributed by atoms with Gasteiger partial charge in [0.15, 0.2) is 0 Å². The Balaban J connectivity index is 1.45. The first-order valence-electron chi connectivity index (χ1n) is 14.5. The van der Waals surface area contributed by atoms with Crippen molar-refractivity contribution in [3.05, 3.63) is 11.6 Å². The lowest BCUT2D eigenvalue weighted by atomic mass is 9.47. The lowest BCUT2D eigenvalue weighted by Crippen LogP contribution is -2.51. The topological polar surface area (TPSA) is 26.3 Å². The van der Waals surface area contributed by atoms with Gasteiger partial charge in [0.25, 0.3) is 0 Å². The van der Waals surface area contributed by atoms with Crippen LogP contribution in [0.3, 0.4) is 0 Å². The minimum Gasteiger partial charge on any atom is -0.462 e. The van der Waals surface area contributed by atoms with Crippen molar-refractivity contribution >= 4 is 5.97 Å². The fourth-order valence-electron chi connectivity index (χ4n) is 9.05. The Morgan fingerprint density at radius 1 is 1.00 bits per heavy atom. The summed E-state index contributed by atoms with van der Waals surface area (Å²) in [6.45, 7) is 16.5. The van der Waals surface area contributed by atoms with E-state index in [-0.39, 0.29) is 18.0 Å². The molecule has 2 heteroatoms. The van der Waals surface area contributed by atoms with Crippen LogP contribution in [0.25, 0.3) is 0 Å². The molecular weight excluding hydrogens is 404 g/mol. The molecule has 4 rings (SSSR count). The van der Waals surface area contributed by atoms with Crippen molar-refractivity contribution in [1.29, 1.82) is 0 Å². The summed E-state index contributed by atoms with van der Waals surface area (Å²) < 4.78 is 5.88. The smallest absolute Gasteiger partial charge is 0.308 e. The number of esters is 1. The van der Waals surface area contributed by atoms with E-state index in [1.165, 1.54) is 57.8 Å². The summed E-state index contributed by atoms with van der Waals surface area (Å²) in [5.41, 5.74) is 2.52. The molecule has 0 heterocycles. The summed E-state index contributed by atoms with van der Waals surface area (Å²) in [6.07, 6.45) is 17.2. The molecule has 0 bridgehead atoms. The van der Waals surface area contributed by atoms with Crippen LogP contribution < -0.4 is 0 Å². The van der Waals surface area contributed by atoms with Crippen molar-refractivity contribution in [3.63, 3.8) is 0 Å². The third-order valence-corrected chi connectivity index (χ3v) is 11.0. The Bertz CT molecular complexity index is 735. The second-order valence-corrected chi connectivity index (χ2v) is 13.7. The van der Waals surface area contributed by atoms with Gasteiger partial charge in [0, 0.05) is 6.42 Å². The molecule has 0 aliphatic heterocycles. The molecule has 0 aromatic carbocycles. The molecule has 33 heavy (non-hydrogen) atoms. The summed E-state index contributed by atoms with van der Waals surface area (Å²) in [5.74, 6) is 5.24. The number of allylic oxidation sites excluding steroid dienone is 1. The maximum absolute atomic E-state index is 12.2. The summed E-state index contributed by atoms with van der Waals surface area (Å²) in [6, 6.07) is 0. The third kappa shape index (κ3) is 4.71. The molecule has 4 aliphatic rings.